The van der Waals surface area contributed by atoms with E-state index in [4.69, 9.17) is 4.74 Å². The van der Waals surface area contributed by atoms with Gasteiger partial charge in [0.2, 0.25) is 0 Å². The van der Waals surface area contributed by atoms with Crippen LogP contribution in [-0.4, -0.2) is 35.1 Å². The summed E-state index contributed by atoms with van der Waals surface area (Å²) in [5, 5.41) is 2.78. The van der Waals surface area contributed by atoms with Crippen molar-refractivity contribution < 1.29 is 13.9 Å². The van der Waals surface area contributed by atoms with Gasteiger partial charge in [-0.15, -0.1) is 0 Å². The number of likely N-dealkylation sites (tertiary alicyclic amines) is 1. The highest BCUT2D eigenvalue weighted by molar-refractivity contribution is 5.74. The van der Waals surface area contributed by atoms with E-state index in [2.05, 4.69) is 10.3 Å². The van der Waals surface area contributed by atoms with E-state index in [1.54, 1.807) is 29.3 Å². The summed E-state index contributed by atoms with van der Waals surface area (Å²) in [6.07, 6.45) is 3.54. The first-order chi connectivity index (χ1) is 12.2. The molecule has 1 aromatic heterocycles. The predicted molar refractivity (Wildman–Crippen MR) is 92.3 cm³/mol. The van der Waals surface area contributed by atoms with Gasteiger partial charge in [-0.1, -0.05) is 24.3 Å². The number of pyridine rings is 1. The molecule has 0 radical (unpaired) electrons. The molecule has 5 nitrogen and oxygen atoms in total. The zero-order valence-electron chi connectivity index (χ0n) is 14.0. The summed E-state index contributed by atoms with van der Waals surface area (Å²) >= 11 is 0. The smallest absolute Gasteiger partial charge is 0.317 e. The first-order valence-electron chi connectivity index (χ1n) is 8.50. The molecule has 1 aliphatic heterocycles. The number of piperidine rings is 1. The van der Waals surface area contributed by atoms with Crippen LogP contribution >= 0.6 is 0 Å². The number of hydrogen-bond donors (Lipinski definition) is 1. The van der Waals surface area contributed by atoms with Gasteiger partial charge in [0, 0.05) is 31.4 Å². The highest BCUT2D eigenvalue weighted by Crippen LogP contribution is 2.15. The average molecular weight is 343 g/mol. The number of aromatic nitrogens is 1. The van der Waals surface area contributed by atoms with E-state index in [-0.39, 0.29) is 24.5 Å². The molecule has 25 heavy (non-hydrogen) atoms. The summed E-state index contributed by atoms with van der Waals surface area (Å²) in [4.78, 5) is 18.3. The molecule has 0 saturated carbocycles. The van der Waals surface area contributed by atoms with Gasteiger partial charge in [-0.05, 0) is 31.0 Å². The Labute approximate surface area is 146 Å². The third-order valence-corrected chi connectivity index (χ3v) is 4.25. The maximum atomic E-state index is 13.6. The quantitative estimate of drug-likeness (QED) is 0.907. The molecule has 2 heterocycles. The lowest BCUT2D eigenvalue weighted by Gasteiger charge is -2.32. The number of carbonyl (C=O) groups is 1. The Morgan fingerprint density at radius 1 is 1.28 bits per heavy atom. The van der Waals surface area contributed by atoms with Crippen molar-refractivity contribution in [3.63, 3.8) is 0 Å². The number of halogens is 1. The number of rotatable bonds is 5. The van der Waals surface area contributed by atoms with Crippen LogP contribution < -0.4 is 5.32 Å². The summed E-state index contributed by atoms with van der Waals surface area (Å²) in [5.74, 6) is -0.307. The highest BCUT2D eigenvalue weighted by atomic mass is 19.1. The minimum Gasteiger partial charge on any atom is -0.370 e. The fraction of sp³-hybridized carbons (Fsp3) is 0.368. The van der Waals surface area contributed by atoms with E-state index < -0.39 is 0 Å². The van der Waals surface area contributed by atoms with Crippen molar-refractivity contribution in [3.05, 3.63) is 65.7 Å². The predicted octanol–water partition coefficient (Wildman–Crippen LogP) is 3.11. The maximum absolute atomic E-state index is 13.6. The molecule has 1 fully saturated rings. The summed E-state index contributed by atoms with van der Waals surface area (Å²) in [7, 11) is 0. The molecule has 1 N–H and O–H groups in total. The van der Waals surface area contributed by atoms with Crippen LogP contribution in [0.3, 0.4) is 0 Å². The first-order valence-corrected chi connectivity index (χ1v) is 8.50. The Morgan fingerprint density at radius 2 is 2.12 bits per heavy atom. The third-order valence-electron chi connectivity index (χ3n) is 4.25. The molecular formula is C19H22FN3O2. The summed E-state index contributed by atoms with van der Waals surface area (Å²) < 4.78 is 19.5. The van der Waals surface area contributed by atoms with Gasteiger partial charge in [-0.25, -0.2) is 9.18 Å². The largest absolute Gasteiger partial charge is 0.370 e. The lowest BCUT2D eigenvalue weighted by Crippen LogP contribution is -2.47. The summed E-state index contributed by atoms with van der Waals surface area (Å²) in [5.41, 5.74) is 1.36. The molecule has 0 spiro atoms. The van der Waals surface area contributed by atoms with Crippen molar-refractivity contribution in [2.45, 2.75) is 32.1 Å². The standard InChI is InChI=1S/C19H22FN3O2/c20-18-9-2-1-6-15(18)12-22-19(24)23-11-5-8-17(13-23)25-14-16-7-3-4-10-21-16/h1-4,6-7,9-10,17H,5,8,11-14H2,(H,22,24). The van der Waals surface area contributed by atoms with Gasteiger partial charge >= 0.3 is 6.03 Å². The molecule has 1 aromatic carbocycles. The van der Waals surface area contributed by atoms with Crippen LogP contribution in [0.1, 0.15) is 24.1 Å². The molecule has 2 amide bonds. The van der Waals surface area contributed by atoms with Crippen LogP contribution in [0.2, 0.25) is 0 Å². The summed E-state index contributed by atoms with van der Waals surface area (Å²) in [6.45, 7) is 1.85. The Hall–Kier alpha value is -2.47. The Balaban J connectivity index is 1.47. The average Bonchev–Trinajstić information content (AvgIpc) is 2.66. The second-order valence-electron chi connectivity index (χ2n) is 6.09. The number of carbonyl (C=O) groups excluding carboxylic acids is 1. The second-order valence-corrected chi connectivity index (χ2v) is 6.09. The van der Waals surface area contributed by atoms with Crippen molar-refractivity contribution in [1.82, 2.24) is 15.2 Å². The number of hydrogen-bond acceptors (Lipinski definition) is 3. The van der Waals surface area contributed by atoms with Crippen molar-refractivity contribution in [1.29, 1.82) is 0 Å². The van der Waals surface area contributed by atoms with Crippen LogP contribution in [0, 0.1) is 5.82 Å². The number of nitrogens with one attached hydrogen (secondary N) is 1. The topological polar surface area (TPSA) is 54.5 Å². The molecule has 1 saturated heterocycles. The molecule has 1 aliphatic rings. The van der Waals surface area contributed by atoms with E-state index in [0.29, 0.717) is 25.3 Å². The van der Waals surface area contributed by atoms with E-state index in [9.17, 15) is 9.18 Å². The third kappa shape index (κ3) is 5.00. The minimum absolute atomic E-state index is 0.00466. The van der Waals surface area contributed by atoms with Crippen molar-refractivity contribution >= 4 is 6.03 Å². The molecule has 0 aliphatic carbocycles. The SMILES string of the molecule is O=C(NCc1ccccc1F)N1CCCC(OCc2ccccn2)C1. The zero-order valence-corrected chi connectivity index (χ0v) is 14.0. The monoisotopic (exact) mass is 343 g/mol. The fourth-order valence-electron chi connectivity index (χ4n) is 2.87. The second kappa shape index (κ2) is 8.58. The molecule has 132 valence electrons. The van der Waals surface area contributed by atoms with Gasteiger partial charge in [0.15, 0.2) is 0 Å². The number of urea groups is 1. The Bertz CT molecular complexity index is 696. The summed E-state index contributed by atoms with van der Waals surface area (Å²) in [6, 6.07) is 12.0. The van der Waals surface area contributed by atoms with E-state index in [1.165, 1.54) is 6.07 Å². The van der Waals surface area contributed by atoms with Crippen LogP contribution in [0.5, 0.6) is 0 Å². The van der Waals surface area contributed by atoms with E-state index in [0.717, 1.165) is 18.5 Å². The maximum Gasteiger partial charge on any atom is 0.317 e. The number of amides is 2. The lowest BCUT2D eigenvalue weighted by molar-refractivity contribution is -0.00168. The van der Waals surface area contributed by atoms with Crippen molar-refractivity contribution in [3.8, 4) is 0 Å². The fourth-order valence-corrected chi connectivity index (χ4v) is 2.87. The number of ether oxygens (including phenoxy) is 1. The van der Waals surface area contributed by atoms with Crippen molar-refractivity contribution in [2.75, 3.05) is 13.1 Å². The first kappa shape index (κ1) is 17.4. The molecule has 2 aromatic rings. The van der Waals surface area contributed by atoms with Crippen LogP contribution in [0.4, 0.5) is 9.18 Å². The molecule has 1 unspecified atom stereocenters. The van der Waals surface area contributed by atoms with E-state index >= 15 is 0 Å². The van der Waals surface area contributed by atoms with Crippen LogP contribution in [0.15, 0.2) is 48.7 Å². The van der Waals surface area contributed by atoms with Gasteiger partial charge in [0.1, 0.15) is 5.82 Å². The van der Waals surface area contributed by atoms with Crippen LogP contribution in [-0.2, 0) is 17.9 Å². The normalized spacial score (nSPS) is 17.3. The molecule has 0 bridgehead atoms. The zero-order chi connectivity index (χ0) is 17.5. The Morgan fingerprint density at radius 3 is 2.92 bits per heavy atom. The molecule has 6 heteroatoms. The lowest BCUT2D eigenvalue weighted by atomic mass is 10.1. The van der Waals surface area contributed by atoms with Gasteiger partial charge in [-0.2, -0.15) is 0 Å². The van der Waals surface area contributed by atoms with Gasteiger partial charge in [0.25, 0.3) is 0 Å². The highest BCUT2D eigenvalue weighted by Gasteiger charge is 2.24. The van der Waals surface area contributed by atoms with Gasteiger partial charge in [0.05, 0.1) is 18.4 Å². The number of nitrogens with zero attached hydrogens (tertiary/aromatic N) is 2. The molecule has 3 rings (SSSR count). The Kier molecular flexibility index (Phi) is 5.95. The van der Waals surface area contributed by atoms with Gasteiger partial charge < -0.3 is 15.0 Å². The minimum atomic E-state index is -0.307. The van der Waals surface area contributed by atoms with Crippen molar-refractivity contribution in [2.24, 2.45) is 0 Å². The molecule has 1 atom stereocenters. The molecular weight excluding hydrogens is 321 g/mol. The van der Waals surface area contributed by atoms with E-state index in [1.807, 2.05) is 18.2 Å². The number of benzene rings is 1. The van der Waals surface area contributed by atoms with Gasteiger partial charge in [-0.3, -0.25) is 4.98 Å². The van der Waals surface area contributed by atoms with Crippen LogP contribution in [0.25, 0.3) is 0 Å².